The Kier molecular flexibility index (Phi) is 2.18. The fourth-order valence-electron chi connectivity index (χ4n) is 1.80. The van der Waals surface area contributed by atoms with Crippen LogP contribution in [0.5, 0.6) is 5.75 Å². The first kappa shape index (κ1) is 10.0. The van der Waals surface area contributed by atoms with E-state index < -0.39 is 0 Å². The minimum absolute atomic E-state index is 0.0725. The van der Waals surface area contributed by atoms with Gasteiger partial charge in [-0.1, -0.05) is 19.9 Å². The molecule has 0 radical (unpaired) electrons. The number of ether oxygens (including phenoxy) is 1. The van der Waals surface area contributed by atoms with E-state index in [9.17, 15) is 4.79 Å². The number of carbonyl (C=O) groups excluding carboxylic acids is 1. The average Bonchev–Trinajstić information content (AvgIpc) is 2.19. The molecule has 1 amide bonds. The summed E-state index contributed by atoms with van der Waals surface area (Å²) in [6.07, 6.45) is 0.776. The van der Waals surface area contributed by atoms with E-state index in [0.717, 1.165) is 17.9 Å². The Bertz CT molecular complexity index is 410. The molecule has 15 heavy (non-hydrogen) atoms. The topological polar surface area (TPSA) is 38.3 Å². The fourth-order valence-corrected chi connectivity index (χ4v) is 1.80. The summed E-state index contributed by atoms with van der Waals surface area (Å²) < 4.78 is 5.12. The smallest absolute Gasteiger partial charge is 0.230 e. The van der Waals surface area contributed by atoms with Crippen molar-refractivity contribution in [3.8, 4) is 5.75 Å². The van der Waals surface area contributed by atoms with E-state index in [1.807, 2.05) is 32.0 Å². The van der Waals surface area contributed by atoms with Crippen molar-refractivity contribution in [3.63, 3.8) is 0 Å². The van der Waals surface area contributed by atoms with E-state index in [2.05, 4.69) is 5.32 Å². The molecule has 0 saturated heterocycles. The number of methoxy groups -OCH3 is 1. The Morgan fingerprint density at radius 3 is 2.80 bits per heavy atom. The zero-order valence-electron chi connectivity index (χ0n) is 9.26. The zero-order valence-corrected chi connectivity index (χ0v) is 9.26. The van der Waals surface area contributed by atoms with Gasteiger partial charge in [0.25, 0.3) is 0 Å². The van der Waals surface area contributed by atoms with Crippen LogP contribution in [0.3, 0.4) is 0 Å². The highest BCUT2D eigenvalue weighted by Gasteiger charge is 2.33. The SMILES string of the molecule is COc1ccc2c(c1)NC(=O)C(C)(C)C2. The van der Waals surface area contributed by atoms with Crippen LogP contribution < -0.4 is 10.1 Å². The molecule has 3 nitrogen and oxygen atoms in total. The number of hydrogen-bond donors (Lipinski definition) is 1. The number of anilines is 1. The van der Waals surface area contributed by atoms with Crippen molar-refractivity contribution in [1.29, 1.82) is 0 Å². The lowest BCUT2D eigenvalue weighted by Crippen LogP contribution is -2.36. The standard InChI is InChI=1S/C12H15NO2/c1-12(2)7-8-4-5-9(15-3)6-10(8)13-11(12)14/h4-6H,7H2,1-3H3,(H,13,14). The molecule has 1 aliphatic rings. The molecule has 1 aromatic carbocycles. The van der Waals surface area contributed by atoms with Gasteiger partial charge in [0.1, 0.15) is 5.75 Å². The molecule has 0 bridgehead atoms. The van der Waals surface area contributed by atoms with Gasteiger partial charge in [-0.25, -0.2) is 0 Å². The number of hydrogen-bond acceptors (Lipinski definition) is 2. The number of rotatable bonds is 1. The predicted octanol–water partition coefficient (Wildman–Crippen LogP) is 2.22. The van der Waals surface area contributed by atoms with E-state index in [1.165, 1.54) is 5.56 Å². The Hall–Kier alpha value is -1.51. The van der Waals surface area contributed by atoms with Gasteiger partial charge in [0.15, 0.2) is 0 Å². The van der Waals surface area contributed by atoms with Crippen molar-refractivity contribution in [2.45, 2.75) is 20.3 Å². The van der Waals surface area contributed by atoms with Crippen LogP contribution in [0, 0.1) is 5.41 Å². The molecule has 0 unspecified atom stereocenters. The molecule has 80 valence electrons. The van der Waals surface area contributed by atoms with Gasteiger partial charge < -0.3 is 10.1 Å². The largest absolute Gasteiger partial charge is 0.497 e. The van der Waals surface area contributed by atoms with Gasteiger partial charge in [-0.2, -0.15) is 0 Å². The minimum atomic E-state index is -0.318. The highest BCUT2D eigenvalue weighted by molar-refractivity contribution is 5.98. The third-order valence-corrected chi connectivity index (χ3v) is 2.81. The average molecular weight is 205 g/mol. The highest BCUT2D eigenvalue weighted by atomic mass is 16.5. The first-order chi connectivity index (χ1) is 7.03. The summed E-state index contributed by atoms with van der Waals surface area (Å²) in [5.74, 6) is 0.844. The van der Waals surface area contributed by atoms with Gasteiger partial charge in [0.05, 0.1) is 7.11 Å². The lowest BCUT2D eigenvalue weighted by atomic mass is 9.81. The Morgan fingerprint density at radius 2 is 2.13 bits per heavy atom. The molecule has 0 aromatic heterocycles. The molecule has 0 saturated carbocycles. The summed E-state index contributed by atoms with van der Waals surface area (Å²) in [6.45, 7) is 3.91. The Morgan fingerprint density at radius 1 is 1.40 bits per heavy atom. The third kappa shape index (κ3) is 1.69. The first-order valence-electron chi connectivity index (χ1n) is 5.01. The lowest BCUT2D eigenvalue weighted by molar-refractivity contribution is -0.124. The molecule has 3 heteroatoms. The Balaban J connectivity index is 2.41. The van der Waals surface area contributed by atoms with Crippen molar-refractivity contribution in [2.75, 3.05) is 12.4 Å². The van der Waals surface area contributed by atoms with E-state index in [1.54, 1.807) is 7.11 Å². The van der Waals surface area contributed by atoms with Gasteiger partial charge in [-0.3, -0.25) is 4.79 Å². The molecule has 1 N–H and O–H groups in total. The second kappa shape index (κ2) is 3.26. The molecule has 0 fully saturated rings. The second-order valence-electron chi connectivity index (χ2n) is 4.54. The maximum atomic E-state index is 11.7. The van der Waals surface area contributed by atoms with Crippen LogP contribution in [0.15, 0.2) is 18.2 Å². The van der Waals surface area contributed by atoms with E-state index >= 15 is 0 Å². The molecule has 1 heterocycles. The normalized spacial score (nSPS) is 17.9. The first-order valence-corrected chi connectivity index (χ1v) is 5.01. The summed E-state index contributed by atoms with van der Waals surface area (Å²) in [7, 11) is 1.62. The molecular weight excluding hydrogens is 190 g/mol. The monoisotopic (exact) mass is 205 g/mol. The zero-order chi connectivity index (χ0) is 11.1. The number of benzene rings is 1. The van der Waals surface area contributed by atoms with E-state index in [4.69, 9.17) is 4.74 Å². The van der Waals surface area contributed by atoms with Crippen molar-refractivity contribution >= 4 is 11.6 Å². The maximum Gasteiger partial charge on any atom is 0.230 e. The summed E-state index contributed by atoms with van der Waals surface area (Å²) in [6, 6.07) is 5.80. The second-order valence-corrected chi connectivity index (χ2v) is 4.54. The summed E-state index contributed by atoms with van der Waals surface area (Å²) >= 11 is 0. The van der Waals surface area contributed by atoms with E-state index in [-0.39, 0.29) is 11.3 Å². The number of fused-ring (bicyclic) bond motifs is 1. The fraction of sp³-hybridized carbons (Fsp3) is 0.417. The summed E-state index contributed by atoms with van der Waals surface area (Å²) in [5.41, 5.74) is 1.72. The van der Waals surface area contributed by atoms with Crippen molar-refractivity contribution < 1.29 is 9.53 Å². The third-order valence-electron chi connectivity index (χ3n) is 2.81. The van der Waals surface area contributed by atoms with Crippen LogP contribution in [-0.2, 0) is 11.2 Å². The Labute approximate surface area is 89.4 Å². The van der Waals surface area contributed by atoms with Gasteiger partial charge in [0, 0.05) is 17.2 Å². The van der Waals surface area contributed by atoms with Crippen LogP contribution in [0.2, 0.25) is 0 Å². The molecule has 2 rings (SSSR count). The molecule has 0 spiro atoms. The van der Waals surface area contributed by atoms with Crippen LogP contribution in [0.4, 0.5) is 5.69 Å². The van der Waals surface area contributed by atoms with Crippen molar-refractivity contribution in [3.05, 3.63) is 23.8 Å². The minimum Gasteiger partial charge on any atom is -0.497 e. The van der Waals surface area contributed by atoms with E-state index in [0.29, 0.717) is 0 Å². The van der Waals surface area contributed by atoms with Crippen LogP contribution in [0.1, 0.15) is 19.4 Å². The number of nitrogens with one attached hydrogen (secondary N) is 1. The lowest BCUT2D eigenvalue weighted by Gasteiger charge is -2.30. The molecule has 1 aromatic rings. The van der Waals surface area contributed by atoms with Crippen LogP contribution in [0.25, 0.3) is 0 Å². The van der Waals surface area contributed by atoms with Gasteiger partial charge >= 0.3 is 0 Å². The highest BCUT2D eigenvalue weighted by Crippen LogP contribution is 2.34. The van der Waals surface area contributed by atoms with Gasteiger partial charge in [-0.15, -0.1) is 0 Å². The number of amides is 1. The molecule has 1 aliphatic heterocycles. The quantitative estimate of drug-likeness (QED) is 0.763. The van der Waals surface area contributed by atoms with Gasteiger partial charge in [0.2, 0.25) is 5.91 Å². The van der Waals surface area contributed by atoms with Crippen LogP contribution in [-0.4, -0.2) is 13.0 Å². The van der Waals surface area contributed by atoms with Crippen LogP contribution >= 0.6 is 0 Å². The summed E-state index contributed by atoms with van der Waals surface area (Å²) in [4.78, 5) is 11.7. The van der Waals surface area contributed by atoms with Gasteiger partial charge in [-0.05, 0) is 18.1 Å². The van der Waals surface area contributed by atoms with Crippen molar-refractivity contribution in [2.24, 2.45) is 5.41 Å². The molecular formula is C12H15NO2. The molecule has 0 aliphatic carbocycles. The maximum absolute atomic E-state index is 11.7. The van der Waals surface area contributed by atoms with Crippen molar-refractivity contribution in [1.82, 2.24) is 0 Å². The summed E-state index contributed by atoms with van der Waals surface area (Å²) in [5, 5.41) is 2.91. The number of carbonyl (C=O) groups is 1. The molecule has 0 atom stereocenters. The predicted molar refractivity (Wildman–Crippen MR) is 59.1 cm³/mol.